The molecule has 3 heteroatoms. The first kappa shape index (κ1) is 9.75. The molecule has 0 fully saturated rings. The third-order valence-corrected chi connectivity index (χ3v) is 9.91. The second-order valence-corrected chi connectivity index (χ2v) is 10.2. The normalized spacial score (nSPS) is 13.2. The third-order valence-electron chi connectivity index (χ3n) is 1.53. The summed E-state index contributed by atoms with van der Waals surface area (Å²) in [6, 6.07) is 0. The van der Waals surface area contributed by atoms with Crippen molar-refractivity contribution in [2.75, 3.05) is 0 Å². The van der Waals surface area contributed by atoms with Gasteiger partial charge in [-0.3, -0.25) is 0 Å². The van der Waals surface area contributed by atoms with Gasteiger partial charge in [-0.05, 0) is 0 Å². The van der Waals surface area contributed by atoms with E-state index in [0.717, 1.165) is 0 Å². The predicted octanol–water partition coefficient (Wildman–Crippen LogP) is 2.67. The van der Waals surface area contributed by atoms with Crippen molar-refractivity contribution in [1.29, 1.82) is 5.16 Å². The topological polar surface area (TPSA) is 23.9 Å². The van der Waals surface area contributed by atoms with Crippen molar-refractivity contribution in [3.63, 3.8) is 0 Å². The SMILES string of the molecule is CC(C)P(=N)([Se])C(C)C. The second-order valence-electron chi connectivity index (χ2n) is 2.90. The molecule has 55 valence electrons. The fraction of sp³-hybridized carbons (Fsp3) is 1.00. The van der Waals surface area contributed by atoms with Gasteiger partial charge < -0.3 is 0 Å². The Balaban J connectivity index is 4.21. The van der Waals surface area contributed by atoms with Crippen LogP contribution in [-0.2, 0) is 0 Å². The molecule has 0 aliphatic heterocycles. The number of hydrogen-bond acceptors (Lipinski definition) is 1. The van der Waals surface area contributed by atoms with Gasteiger partial charge in [0.25, 0.3) is 0 Å². The number of rotatable bonds is 2. The Morgan fingerprint density at radius 1 is 1.11 bits per heavy atom. The van der Waals surface area contributed by atoms with E-state index >= 15 is 0 Å². The van der Waals surface area contributed by atoms with E-state index in [2.05, 4.69) is 43.3 Å². The quantitative estimate of drug-likeness (QED) is 0.536. The molecule has 0 saturated carbocycles. The third kappa shape index (κ3) is 2.45. The van der Waals surface area contributed by atoms with Crippen LogP contribution >= 0.6 is 5.74 Å². The second kappa shape index (κ2) is 3.23. The minimum absolute atomic E-state index is 0.512. The Kier molecular flexibility index (Phi) is 3.50. The Morgan fingerprint density at radius 3 is 1.33 bits per heavy atom. The Morgan fingerprint density at radius 2 is 1.33 bits per heavy atom. The van der Waals surface area contributed by atoms with E-state index < -0.39 is 5.74 Å². The zero-order chi connectivity index (χ0) is 7.65. The molecule has 0 unspecified atom stereocenters. The molecule has 0 aromatic carbocycles. The average molecular weight is 211 g/mol. The van der Waals surface area contributed by atoms with Crippen LogP contribution in [-0.4, -0.2) is 26.9 Å². The average Bonchev–Trinajstić information content (AvgIpc) is 1.65. The summed E-state index contributed by atoms with van der Waals surface area (Å²) in [5.74, 6) is -1.46. The van der Waals surface area contributed by atoms with Crippen LogP contribution in [0.15, 0.2) is 0 Å². The van der Waals surface area contributed by atoms with Crippen LogP contribution in [0.5, 0.6) is 0 Å². The van der Waals surface area contributed by atoms with Gasteiger partial charge >= 0.3 is 65.5 Å². The van der Waals surface area contributed by atoms with Gasteiger partial charge in [-0.2, -0.15) is 0 Å². The standard InChI is InChI=1S/C6H15NPSe/c1-5(2)8(7,9)6(3)4/h5-7H,1-4H3. The summed E-state index contributed by atoms with van der Waals surface area (Å²) in [6.07, 6.45) is 0. The number of nitrogens with one attached hydrogen (secondary N) is 1. The molecule has 0 aromatic heterocycles. The molecule has 0 aromatic rings. The monoisotopic (exact) mass is 212 g/mol. The van der Waals surface area contributed by atoms with Crippen molar-refractivity contribution in [3.8, 4) is 0 Å². The summed E-state index contributed by atoms with van der Waals surface area (Å²) >= 11 is 3.03. The molecule has 0 aliphatic rings. The zero-order valence-electron chi connectivity index (χ0n) is 6.51. The summed E-state index contributed by atoms with van der Waals surface area (Å²) in [7, 11) is 0. The van der Waals surface area contributed by atoms with Crippen LogP contribution < -0.4 is 0 Å². The van der Waals surface area contributed by atoms with Gasteiger partial charge in [0.1, 0.15) is 0 Å². The van der Waals surface area contributed by atoms with Gasteiger partial charge in [0, 0.05) is 0 Å². The molecule has 0 saturated heterocycles. The van der Waals surface area contributed by atoms with Crippen molar-refractivity contribution in [1.82, 2.24) is 0 Å². The van der Waals surface area contributed by atoms with Gasteiger partial charge in [0.05, 0.1) is 0 Å². The Hall–Kier alpha value is 0.749. The van der Waals surface area contributed by atoms with Crippen molar-refractivity contribution in [3.05, 3.63) is 0 Å². The maximum absolute atomic E-state index is 7.89. The van der Waals surface area contributed by atoms with Gasteiger partial charge in [-0.15, -0.1) is 0 Å². The molecule has 0 aliphatic carbocycles. The van der Waals surface area contributed by atoms with Crippen LogP contribution in [0.3, 0.4) is 0 Å². The molecule has 0 amide bonds. The van der Waals surface area contributed by atoms with Crippen LogP contribution in [0.25, 0.3) is 0 Å². The Bertz CT molecular complexity index is 119. The van der Waals surface area contributed by atoms with Crippen LogP contribution in [0.1, 0.15) is 27.7 Å². The summed E-state index contributed by atoms with van der Waals surface area (Å²) < 4.78 is 0. The molecule has 1 radical (unpaired) electrons. The van der Waals surface area contributed by atoms with E-state index in [1.54, 1.807) is 0 Å². The van der Waals surface area contributed by atoms with Crippen molar-refractivity contribution < 1.29 is 0 Å². The van der Waals surface area contributed by atoms with Crippen LogP contribution in [0.4, 0.5) is 0 Å². The molecular weight excluding hydrogens is 196 g/mol. The summed E-state index contributed by atoms with van der Waals surface area (Å²) in [6.45, 7) is 8.49. The summed E-state index contributed by atoms with van der Waals surface area (Å²) in [5.41, 5.74) is 1.02. The molecule has 0 spiro atoms. The van der Waals surface area contributed by atoms with E-state index in [1.807, 2.05) is 0 Å². The molecule has 1 N–H and O–H groups in total. The van der Waals surface area contributed by atoms with Crippen molar-refractivity contribution in [2.45, 2.75) is 39.0 Å². The summed E-state index contributed by atoms with van der Waals surface area (Å²) in [5, 5.41) is 7.89. The minimum atomic E-state index is -1.46. The first-order valence-electron chi connectivity index (χ1n) is 3.23. The van der Waals surface area contributed by atoms with Crippen LogP contribution in [0.2, 0.25) is 0 Å². The molecule has 0 heterocycles. The fourth-order valence-corrected chi connectivity index (χ4v) is 1.79. The first-order valence-corrected chi connectivity index (χ1v) is 7.38. The molecule has 0 atom stereocenters. The fourth-order valence-electron chi connectivity index (χ4n) is 0.596. The van der Waals surface area contributed by atoms with Gasteiger partial charge in [-0.25, -0.2) is 0 Å². The van der Waals surface area contributed by atoms with Gasteiger partial charge in [-0.1, -0.05) is 0 Å². The van der Waals surface area contributed by atoms with E-state index in [0.29, 0.717) is 11.3 Å². The number of hydrogen-bond donors (Lipinski definition) is 1. The van der Waals surface area contributed by atoms with Gasteiger partial charge in [0.2, 0.25) is 0 Å². The maximum atomic E-state index is 7.89. The van der Waals surface area contributed by atoms with Crippen LogP contribution in [0, 0.1) is 5.16 Å². The Labute approximate surface area is 65.9 Å². The molecular formula is C6H15NPSe. The molecule has 1 nitrogen and oxygen atoms in total. The van der Waals surface area contributed by atoms with Crippen molar-refractivity contribution >= 4 is 21.3 Å². The summed E-state index contributed by atoms with van der Waals surface area (Å²) in [4.78, 5) is 0. The van der Waals surface area contributed by atoms with E-state index in [-0.39, 0.29) is 0 Å². The zero-order valence-corrected chi connectivity index (χ0v) is 9.12. The van der Waals surface area contributed by atoms with Gasteiger partial charge in [0.15, 0.2) is 0 Å². The molecule has 0 rings (SSSR count). The van der Waals surface area contributed by atoms with Crippen molar-refractivity contribution in [2.24, 2.45) is 0 Å². The van der Waals surface area contributed by atoms with E-state index in [4.69, 9.17) is 5.16 Å². The predicted molar refractivity (Wildman–Crippen MR) is 45.7 cm³/mol. The first-order chi connectivity index (χ1) is 3.89. The molecule has 9 heavy (non-hydrogen) atoms. The molecule has 0 bridgehead atoms. The van der Waals surface area contributed by atoms with E-state index in [1.165, 1.54) is 0 Å². The van der Waals surface area contributed by atoms with E-state index in [9.17, 15) is 0 Å².